The Bertz CT molecular complexity index is 1120. The number of carbonyl (C=O) groups is 3. The summed E-state index contributed by atoms with van der Waals surface area (Å²) in [5, 5.41) is 0. The van der Waals surface area contributed by atoms with Gasteiger partial charge in [-0.15, -0.1) is 0 Å². The maximum atomic E-state index is 12.7. The Hall–Kier alpha value is -2.63. The van der Waals surface area contributed by atoms with E-state index in [4.69, 9.17) is 14.2 Å². The Balaban J connectivity index is 3.99. The second kappa shape index (κ2) is 53.0. The van der Waals surface area contributed by atoms with Crippen LogP contribution in [0.25, 0.3) is 0 Å². The third-order valence-corrected chi connectivity index (χ3v) is 12.1. The van der Waals surface area contributed by atoms with Crippen molar-refractivity contribution in [2.24, 2.45) is 0 Å². The highest BCUT2D eigenvalue weighted by molar-refractivity contribution is 5.71. The molecule has 0 spiro atoms. The van der Waals surface area contributed by atoms with Gasteiger partial charge in [0.2, 0.25) is 0 Å². The van der Waals surface area contributed by atoms with Gasteiger partial charge in [0.05, 0.1) is 0 Å². The fraction of sp³-hybridized carbons (Fsp3) is 0.810. The number of hydrogen-bond acceptors (Lipinski definition) is 6. The fourth-order valence-corrected chi connectivity index (χ4v) is 7.84. The van der Waals surface area contributed by atoms with Gasteiger partial charge in [0.1, 0.15) is 13.2 Å². The molecule has 0 saturated carbocycles. The van der Waals surface area contributed by atoms with Crippen LogP contribution >= 0.6 is 0 Å². The van der Waals surface area contributed by atoms with Crippen LogP contribution in [0.4, 0.5) is 0 Å². The lowest BCUT2D eigenvalue weighted by Gasteiger charge is -2.18. The summed E-state index contributed by atoms with van der Waals surface area (Å²) in [6.45, 7) is 6.53. The van der Waals surface area contributed by atoms with Crippen LogP contribution in [-0.4, -0.2) is 37.2 Å². The molecule has 6 nitrogen and oxygen atoms in total. The minimum atomic E-state index is -0.771. The smallest absolute Gasteiger partial charge is 0.306 e. The summed E-state index contributed by atoms with van der Waals surface area (Å²) in [6, 6.07) is 0. The zero-order valence-electron chi connectivity index (χ0n) is 42.6. The monoisotopic (exact) mass is 897 g/mol. The lowest BCUT2D eigenvalue weighted by atomic mass is 10.0. The molecule has 0 aliphatic rings. The van der Waals surface area contributed by atoms with Crippen molar-refractivity contribution in [3.05, 3.63) is 48.6 Å². The predicted octanol–water partition coefficient (Wildman–Crippen LogP) is 18.3. The average Bonchev–Trinajstić information content (AvgIpc) is 3.29. The van der Waals surface area contributed by atoms with E-state index in [-0.39, 0.29) is 31.1 Å². The number of esters is 3. The predicted molar refractivity (Wildman–Crippen MR) is 275 cm³/mol. The van der Waals surface area contributed by atoms with E-state index >= 15 is 0 Å². The van der Waals surface area contributed by atoms with Gasteiger partial charge in [0.15, 0.2) is 6.10 Å². The molecule has 0 aliphatic heterocycles. The van der Waals surface area contributed by atoms with Crippen molar-refractivity contribution < 1.29 is 28.6 Å². The Morgan fingerprint density at radius 2 is 0.578 bits per heavy atom. The SMILES string of the molecule is CCCC/C=C\CCCCCCCC(=O)OC(COC(=O)CCCCCCCC)COC(=O)CCCCCCCCCCCCCCCC/C=C\C/C=C\C/C=C\CCCCCCC. The molecule has 0 aromatic carbocycles. The molecule has 0 bridgehead atoms. The lowest BCUT2D eigenvalue weighted by Crippen LogP contribution is -2.30. The molecule has 0 aromatic heterocycles. The minimum Gasteiger partial charge on any atom is -0.462 e. The molecule has 0 saturated heterocycles. The highest BCUT2D eigenvalue weighted by Gasteiger charge is 2.19. The zero-order valence-corrected chi connectivity index (χ0v) is 42.6. The summed E-state index contributed by atoms with van der Waals surface area (Å²) >= 11 is 0. The summed E-state index contributed by atoms with van der Waals surface area (Å²) in [4.78, 5) is 37.7. The van der Waals surface area contributed by atoms with Crippen LogP contribution in [0.2, 0.25) is 0 Å². The molecule has 0 N–H and O–H groups in total. The standard InChI is InChI=1S/C58H104O6/c1-4-7-10-13-16-18-20-21-22-23-24-25-26-27-28-29-30-31-32-33-34-35-36-37-39-40-42-45-48-51-57(60)63-54-55(53-62-56(59)50-47-44-15-12-9-6-3)64-58(61)52-49-46-43-41-38-19-17-14-11-8-5-2/h14,17,20-21,23-24,26-27,55H,4-13,15-16,18-19,22,25,28-54H2,1-3H3/b17-14-,21-20-,24-23-,27-26-. The van der Waals surface area contributed by atoms with Gasteiger partial charge in [-0.1, -0.05) is 236 Å². The second-order valence-electron chi connectivity index (χ2n) is 18.5. The van der Waals surface area contributed by atoms with E-state index in [9.17, 15) is 14.4 Å². The minimum absolute atomic E-state index is 0.0749. The number of allylic oxidation sites excluding steroid dienone is 8. The summed E-state index contributed by atoms with van der Waals surface area (Å²) in [6.07, 6.45) is 64.3. The Kier molecular flexibility index (Phi) is 50.8. The maximum Gasteiger partial charge on any atom is 0.306 e. The molecule has 0 heterocycles. The number of carbonyl (C=O) groups excluding carboxylic acids is 3. The number of rotatable bonds is 50. The largest absolute Gasteiger partial charge is 0.462 e. The van der Waals surface area contributed by atoms with Crippen LogP contribution in [0.1, 0.15) is 284 Å². The normalized spacial score (nSPS) is 12.4. The molecule has 1 atom stereocenters. The van der Waals surface area contributed by atoms with E-state index in [0.29, 0.717) is 19.3 Å². The van der Waals surface area contributed by atoms with E-state index in [1.54, 1.807) is 0 Å². The Labute approximate surface area is 397 Å². The van der Waals surface area contributed by atoms with Crippen molar-refractivity contribution >= 4 is 17.9 Å². The number of hydrogen-bond donors (Lipinski definition) is 0. The van der Waals surface area contributed by atoms with Gasteiger partial charge in [0.25, 0.3) is 0 Å². The van der Waals surface area contributed by atoms with Gasteiger partial charge in [-0.3, -0.25) is 14.4 Å². The van der Waals surface area contributed by atoms with Crippen LogP contribution in [0.5, 0.6) is 0 Å². The van der Waals surface area contributed by atoms with Gasteiger partial charge >= 0.3 is 17.9 Å². The first kappa shape index (κ1) is 61.4. The molecule has 0 aromatic rings. The van der Waals surface area contributed by atoms with E-state index in [1.165, 1.54) is 161 Å². The van der Waals surface area contributed by atoms with Crippen molar-refractivity contribution in [1.82, 2.24) is 0 Å². The first-order valence-corrected chi connectivity index (χ1v) is 27.6. The third-order valence-electron chi connectivity index (χ3n) is 12.1. The molecule has 0 aliphatic carbocycles. The summed E-state index contributed by atoms with van der Waals surface area (Å²) < 4.78 is 16.7. The van der Waals surface area contributed by atoms with E-state index in [0.717, 1.165) is 83.5 Å². The first-order chi connectivity index (χ1) is 31.5. The quantitative estimate of drug-likeness (QED) is 0.0262. The molecule has 372 valence electrons. The topological polar surface area (TPSA) is 78.9 Å². The van der Waals surface area contributed by atoms with E-state index < -0.39 is 6.10 Å². The van der Waals surface area contributed by atoms with Crippen molar-refractivity contribution in [2.75, 3.05) is 13.2 Å². The van der Waals surface area contributed by atoms with Gasteiger partial charge < -0.3 is 14.2 Å². The number of ether oxygens (including phenoxy) is 3. The van der Waals surface area contributed by atoms with Crippen molar-refractivity contribution in [1.29, 1.82) is 0 Å². The van der Waals surface area contributed by atoms with E-state index in [2.05, 4.69) is 69.4 Å². The summed E-state index contributed by atoms with van der Waals surface area (Å²) in [5.74, 6) is -0.889. The summed E-state index contributed by atoms with van der Waals surface area (Å²) in [7, 11) is 0. The Morgan fingerprint density at radius 3 is 0.938 bits per heavy atom. The van der Waals surface area contributed by atoms with E-state index in [1.807, 2.05) is 0 Å². The molecule has 64 heavy (non-hydrogen) atoms. The molecule has 0 amide bonds. The van der Waals surface area contributed by atoms with Crippen LogP contribution in [-0.2, 0) is 28.6 Å². The molecule has 0 radical (unpaired) electrons. The highest BCUT2D eigenvalue weighted by atomic mass is 16.6. The van der Waals surface area contributed by atoms with Gasteiger partial charge in [-0.05, 0) is 77.0 Å². The van der Waals surface area contributed by atoms with Crippen LogP contribution in [0.3, 0.4) is 0 Å². The molecule has 0 fully saturated rings. The average molecular weight is 897 g/mol. The van der Waals surface area contributed by atoms with Crippen molar-refractivity contribution in [3.63, 3.8) is 0 Å². The first-order valence-electron chi connectivity index (χ1n) is 27.6. The molecule has 1 unspecified atom stereocenters. The highest BCUT2D eigenvalue weighted by Crippen LogP contribution is 2.16. The third kappa shape index (κ3) is 50.4. The lowest BCUT2D eigenvalue weighted by molar-refractivity contribution is -0.167. The van der Waals surface area contributed by atoms with Gasteiger partial charge in [0, 0.05) is 19.3 Å². The van der Waals surface area contributed by atoms with Crippen LogP contribution < -0.4 is 0 Å². The Morgan fingerprint density at radius 1 is 0.312 bits per heavy atom. The van der Waals surface area contributed by atoms with Crippen LogP contribution in [0, 0.1) is 0 Å². The number of unbranched alkanes of at least 4 members (excludes halogenated alkanes) is 31. The molecule has 6 heteroatoms. The zero-order chi connectivity index (χ0) is 46.5. The van der Waals surface area contributed by atoms with Crippen molar-refractivity contribution in [2.45, 2.75) is 290 Å². The fourth-order valence-electron chi connectivity index (χ4n) is 7.84. The molecule has 0 rings (SSSR count). The van der Waals surface area contributed by atoms with Gasteiger partial charge in [-0.2, -0.15) is 0 Å². The molecular weight excluding hydrogens is 793 g/mol. The van der Waals surface area contributed by atoms with Gasteiger partial charge in [-0.25, -0.2) is 0 Å². The van der Waals surface area contributed by atoms with Crippen molar-refractivity contribution in [3.8, 4) is 0 Å². The maximum absolute atomic E-state index is 12.7. The molecular formula is C58H104O6. The summed E-state index contributed by atoms with van der Waals surface area (Å²) in [5.41, 5.74) is 0. The second-order valence-corrected chi connectivity index (χ2v) is 18.5. The van der Waals surface area contributed by atoms with Crippen LogP contribution in [0.15, 0.2) is 48.6 Å².